The highest BCUT2D eigenvalue weighted by Crippen LogP contribution is 1.78. The molecule has 0 aromatic carbocycles. The van der Waals surface area contributed by atoms with Crippen LogP contribution in [0.1, 0.15) is 0 Å². The fraction of sp³-hybridized carbons (Fsp3) is 0.143. The molecular formula is C7H7N5. The largest absolute Gasteiger partial charge is 0.357 e. The minimum Gasteiger partial charge on any atom is -0.357 e. The van der Waals surface area contributed by atoms with E-state index in [1.54, 1.807) is 12.1 Å². The number of hydrogen-bond acceptors (Lipinski definition) is 3. The number of nitriles is 1. The van der Waals surface area contributed by atoms with Gasteiger partial charge in [0.25, 0.3) is 0 Å². The summed E-state index contributed by atoms with van der Waals surface area (Å²) in [6, 6.07) is 3.55. The van der Waals surface area contributed by atoms with Gasteiger partial charge < -0.3 is 4.57 Å². The first-order valence-corrected chi connectivity index (χ1v) is 3.28. The third-order valence-corrected chi connectivity index (χ3v) is 1.21. The van der Waals surface area contributed by atoms with Gasteiger partial charge in [-0.15, -0.1) is 5.10 Å². The molecule has 1 heterocycles. The van der Waals surface area contributed by atoms with Gasteiger partial charge in [-0.3, -0.25) is 0 Å². The number of pyridine rings is 1. The second kappa shape index (κ2) is 4.03. The minimum absolute atomic E-state index is 0.673. The summed E-state index contributed by atoms with van der Waals surface area (Å²) in [7, 11) is 1.90. The van der Waals surface area contributed by atoms with Crippen LogP contribution in [0.2, 0.25) is 0 Å². The first-order chi connectivity index (χ1) is 5.83. The van der Waals surface area contributed by atoms with Crippen molar-refractivity contribution in [3.05, 3.63) is 29.9 Å². The van der Waals surface area contributed by atoms with E-state index < -0.39 is 0 Å². The van der Waals surface area contributed by atoms with Gasteiger partial charge in [0.2, 0.25) is 6.19 Å². The van der Waals surface area contributed by atoms with Crippen molar-refractivity contribution in [1.82, 2.24) is 4.57 Å². The monoisotopic (exact) mass is 161 g/mol. The fourth-order valence-electron chi connectivity index (χ4n) is 0.654. The first-order valence-electron chi connectivity index (χ1n) is 3.28. The maximum atomic E-state index is 8.01. The van der Waals surface area contributed by atoms with Gasteiger partial charge in [-0.1, -0.05) is 0 Å². The van der Waals surface area contributed by atoms with Crippen molar-refractivity contribution in [3.63, 3.8) is 0 Å². The summed E-state index contributed by atoms with van der Waals surface area (Å²) in [5.41, 5.74) is 0. The lowest BCUT2D eigenvalue weighted by atomic mass is 10.5. The van der Waals surface area contributed by atoms with Crippen LogP contribution < -0.4 is 5.36 Å². The smallest absolute Gasteiger partial charge is 0.227 e. The standard InChI is InChI=1S/C7H7N5/c1-12-4-2-7(3-5-12)10-11-9-6-8/h2-5H,1H3. The summed E-state index contributed by atoms with van der Waals surface area (Å²) in [6.45, 7) is 0. The van der Waals surface area contributed by atoms with Crippen LogP contribution in [0.15, 0.2) is 40.0 Å². The molecule has 0 unspecified atom stereocenters. The van der Waals surface area contributed by atoms with Crippen molar-refractivity contribution in [2.45, 2.75) is 0 Å². The highest BCUT2D eigenvalue weighted by molar-refractivity contribution is 4.91. The molecule has 5 heteroatoms. The molecule has 60 valence electrons. The van der Waals surface area contributed by atoms with E-state index in [0.717, 1.165) is 0 Å². The molecule has 0 aliphatic carbocycles. The van der Waals surface area contributed by atoms with Crippen LogP contribution in [0.5, 0.6) is 0 Å². The minimum atomic E-state index is 0.673. The highest BCUT2D eigenvalue weighted by atomic mass is 15.4. The summed E-state index contributed by atoms with van der Waals surface area (Å²) < 4.78 is 1.88. The summed E-state index contributed by atoms with van der Waals surface area (Å²) in [5.74, 6) is 0. The molecule has 0 fully saturated rings. The highest BCUT2D eigenvalue weighted by Gasteiger charge is 1.78. The molecule has 0 aliphatic heterocycles. The quantitative estimate of drug-likeness (QED) is 0.341. The Labute approximate surface area is 69.3 Å². The molecule has 12 heavy (non-hydrogen) atoms. The molecule has 0 atom stereocenters. The Morgan fingerprint density at radius 1 is 1.42 bits per heavy atom. The number of hydrogen-bond donors (Lipinski definition) is 0. The fourth-order valence-corrected chi connectivity index (χ4v) is 0.654. The van der Waals surface area contributed by atoms with Gasteiger partial charge in [0.05, 0.1) is 5.36 Å². The lowest BCUT2D eigenvalue weighted by Gasteiger charge is -1.91. The average molecular weight is 161 g/mol. The number of nitrogens with zero attached hydrogens (tertiary/aromatic N) is 5. The Balaban J connectivity index is 2.91. The Kier molecular flexibility index (Phi) is 2.73. The molecule has 0 spiro atoms. The molecule has 0 bridgehead atoms. The predicted molar refractivity (Wildman–Crippen MR) is 41.4 cm³/mol. The third kappa shape index (κ3) is 2.34. The van der Waals surface area contributed by atoms with Crippen molar-refractivity contribution in [2.24, 2.45) is 22.5 Å². The Bertz CT molecular complexity index is 361. The number of aromatic nitrogens is 1. The van der Waals surface area contributed by atoms with Crippen LogP contribution in [0.25, 0.3) is 0 Å². The van der Waals surface area contributed by atoms with Crippen LogP contribution in [0, 0.1) is 11.5 Å². The number of rotatable bonds is 1. The molecule has 1 aromatic heterocycles. The van der Waals surface area contributed by atoms with Crippen molar-refractivity contribution < 1.29 is 0 Å². The van der Waals surface area contributed by atoms with E-state index in [9.17, 15) is 0 Å². The van der Waals surface area contributed by atoms with Crippen LogP contribution in [0.4, 0.5) is 0 Å². The molecule has 0 radical (unpaired) electrons. The summed E-state index contributed by atoms with van der Waals surface area (Å²) in [4.78, 5) is 0. The summed E-state index contributed by atoms with van der Waals surface area (Å²) in [5, 5.41) is 18.7. The lowest BCUT2D eigenvalue weighted by Crippen LogP contribution is -2.01. The van der Waals surface area contributed by atoms with E-state index in [4.69, 9.17) is 5.26 Å². The van der Waals surface area contributed by atoms with Gasteiger partial charge in [0, 0.05) is 19.4 Å². The molecule has 0 saturated carbocycles. The molecule has 0 amide bonds. The maximum absolute atomic E-state index is 8.01. The predicted octanol–water partition coefficient (Wildman–Crippen LogP) is 0.774. The molecular weight excluding hydrogens is 154 g/mol. The second-order valence-electron chi connectivity index (χ2n) is 2.11. The number of aryl methyl sites for hydroxylation is 1. The zero-order valence-corrected chi connectivity index (χ0v) is 6.55. The van der Waals surface area contributed by atoms with E-state index >= 15 is 0 Å². The van der Waals surface area contributed by atoms with E-state index in [2.05, 4.69) is 15.4 Å². The van der Waals surface area contributed by atoms with Crippen LogP contribution in [0.3, 0.4) is 0 Å². The Hall–Kier alpha value is -1.96. The van der Waals surface area contributed by atoms with Crippen molar-refractivity contribution in [1.29, 1.82) is 5.26 Å². The van der Waals surface area contributed by atoms with Gasteiger partial charge in [-0.2, -0.15) is 5.26 Å². The molecule has 0 N–H and O–H groups in total. The Morgan fingerprint density at radius 2 is 2.08 bits per heavy atom. The van der Waals surface area contributed by atoms with Gasteiger partial charge >= 0.3 is 0 Å². The van der Waals surface area contributed by atoms with Crippen molar-refractivity contribution in [3.8, 4) is 6.19 Å². The summed E-state index contributed by atoms with van der Waals surface area (Å²) >= 11 is 0. The van der Waals surface area contributed by atoms with Gasteiger partial charge in [0.1, 0.15) is 0 Å². The van der Waals surface area contributed by atoms with Gasteiger partial charge in [0.15, 0.2) is 0 Å². The zero-order chi connectivity index (χ0) is 8.81. The van der Waals surface area contributed by atoms with Crippen molar-refractivity contribution >= 4 is 0 Å². The SMILES string of the molecule is Cn1ccc(=NN=NC#N)cc1. The van der Waals surface area contributed by atoms with E-state index in [0.29, 0.717) is 5.36 Å². The average Bonchev–Trinajstić information content (AvgIpc) is 2.09. The van der Waals surface area contributed by atoms with E-state index in [-0.39, 0.29) is 0 Å². The lowest BCUT2D eigenvalue weighted by molar-refractivity contribution is 0.890. The second-order valence-corrected chi connectivity index (χ2v) is 2.11. The van der Waals surface area contributed by atoms with Gasteiger partial charge in [-0.05, 0) is 22.5 Å². The first kappa shape index (κ1) is 8.14. The topological polar surface area (TPSA) is 65.8 Å². The zero-order valence-electron chi connectivity index (χ0n) is 6.55. The molecule has 1 aromatic rings. The van der Waals surface area contributed by atoms with Crippen LogP contribution in [-0.4, -0.2) is 4.57 Å². The maximum Gasteiger partial charge on any atom is 0.227 e. The van der Waals surface area contributed by atoms with E-state index in [1.807, 2.05) is 24.0 Å². The van der Waals surface area contributed by atoms with Crippen LogP contribution in [-0.2, 0) is 7.05 Å². The third-order valence-electron chi connectivity index (χ3n) is 1.21. The molecule has 0 aliphatic rings. The van der Waals surface area contributed by atoms with Crippen LogP contribution >= 0.6 is 0 Å². The molecule has 0 saturated heterocycles. The normalized spacial score (nSPS) is 9.67. The Morgan fingerprint density at radius 3 is 2.67 bits per heavy atom. The molecule has 1 rings (SSSR count). The summed E-state index contributed by atoms with van der Waals surface area (Å²) in [6.07, 6.45) is 5.18. The van der Waals surface area contributed by atoms with E-state index in [1.165, 1.54) is 6.19 Å². The molecule has 5 nitrogen and oxygen atoms in total. The van der Waals surface area contributed by atoms with Crippen molar-refractivity contribution in [2.75, 3.05) is 0 Å². The van der Waals surface area contributed by atoms with Gasteiger partial charge in [-0.25, -0.2) is 0 Å².